The molecule has 0 bridgehead atoms. The van der Waals surface area contributed by atoms with Gasteiger partial charge in [0.15, 0.2) is 11.5 Å². The monoisotopic (exact) mass is 481 g/mol. The fourth-order valence-corrected chi connectivity index (χ4v) is 4.33. The van der Waals surface area contributed by atoms with Crippen LogP contribution in [0.25, 0.3) is 10.9 Å². The number of nitrogens with one attached hydrogen (secondary N) is 1. The van der Waals surface area contributed by atoms with Crippen molar-refractivity contribution in [1.29, 1.82) is 5.26 Å². The molecule has 0 saturated heterocycles. The predicted octanol–water partition coefficient (Wildman–Crippen LogP) is 5.19. The number of amides is 1. The highest BCUT2D eigenvalue weighted by Gasteiger charge is 2.40. The maximum absolute atomic E-state index is 13.9. The largest absolute Gasteiger partial charge is 0.493 e. The Morgan fingerprint density at radius 3 is 2.19 bits per heavy atom. The van der Waals surface area contributed by atoms with E-state index in [0.717, 1.165) is 10.9 Å². The molecule has 1 amide bonds. The number of hydrogen-bond acceptors (Lipinski definition) is 6. The van der Waals surface area contributed by atoms with E-state index in [-0.39, 0.29) is 12.8 Å². The molecule has 1 unspecified atom stereocenters. The number of pyridine rings is 1. The standard InChI is InChI=1S/C29H27N3O4/c1-34-24-15-21(16-25(35-2)27(24)36-3)18-29(19-30,17-20-9-5-4-6-10-20)28(33)32-23-13-7-11-22-12-8-14-31-26(22)23/h4-16H,17-18H2,1-3H3,(H,32,33). The van der Waals surface area contributed by atoms with Gasteiger partial charge in [-0.1, -0.05) is 48.5 Å². The van der Waals surface area contributed by atoms with Crippen LogP contribution >= 0.6 is 0 Å². The number of para-hydroxylation sites is 1. The van der Waals surface area contributed by atoms with Crippen LogP contribution in [0, 0.1) is 16.7 Å². The van der Waals surface area contributed by atoms with Gasteiger partial charge in [-0.05, 0) is 35.4 Å². The first-order valence-electron chi connectivity index (χ1n) is 11.4. The van der Waals surface area contributed by atoms with Crippen molar-refractivity contribution in [2.45, 2.75) is 12.8 Å². The van der Waals surface area contributed by atoms with Crippen LogP contribution < -0.4 is 19.5 Å². The minimum absolute atomic E-state index is 0.124. The Bertz CT molecular complexity index is 1380. The lowest BCUT2D eigenvalue weighted by Crippen LogP contribution is -2.39. The summed E-state index contributed by atoms with van der Waals surface area (Å²) >= 11 is 0. The Hall–Kier alpha value is -4.57. The number of anilines is 1. The van der Waals surface area contributed by atoms with Crippen molar-refractivity contribution in [3.05, 3.63) is 90.1 Å². The maximum Gasteiger partial charge on any atom is 0.245 e. The molecule has 36 heavy (non-hydrogen) atoms. The fourth-order valence-electron chi connectivity index (χ4n) is 4.33. The number of carbonyl (C=O) groups excluding carboxylic acids is 1. The van der Waals surface area contributed by atoms with E-state index >= 15 is 0 Å². The average Bonchev–Trinajstić information content (AvgIpc) is 2.92. The molecule has 1 atom stereocenters. The van der Waals surface area contributed by atoms with Gasteiger partial charge in [0.1, 0.15) is 5.41 Å². The molecule has 182 valence electrons. The summed E-state index contributed by atoms with van der Waals surface area (Å²) in [5, 5.41) is 14.4. The maximum atomic E-state index is 13.9. The van der Waals surface area contributed by atoms with E-state index in [9.17, 15) is 10.1 Å². The normalized spacial score (nSPS) is 12.3. The van der Waals surface area contributed by atoms with E-state index in [1.807, 2.05) is 54.6 Å². The first-order chi connectivity index (χ1) is 17.5. The van der Waals surface area contributed by atoms with Crippen LogP contribution in [-0.4, -0.2) is 32.2 Å². The van der Waals surface area contributed by atoms with Crippen LogP contribution in [0.4, 0.5) is 5.69 Å². The van der Waals surface area contributed by atoms with E-state index in [2.05, 4.69) is 16.4 Å². The summed E-state index contributed by atoms with van der Waals surface area (Å²) < 4.78 is 16.4. The average molecular weight is 482 g/mol. The molecule has 0 aliphatic heterocycles. The number of nitrogens with zero attached hydrogens (tertiary/aromatic N) is 2. The van der Waals surface area contributed by atoms with Crippen molar-refractivity contribution < 1.29 is 19.0 Å². The summed E-state index contributed by atoms with van der Waals surface area (Å²) in [4.78, 5) is 18.3. The number of ether oxygens (including phenoxy) is 3. The lowest BCUT2D eigenvalue weighted by Gasteiger charge is -2.27. The summed E-state index contributed by atoms with van der Waals surface area (Å²) in [6, 6.07) is 24.7. The molecule has 1 heterocycles. The zero-order chi connectivity index (χ0) is 25.5. The minimum atomic E-state index is -1.43. The quantitative estimate of drug-likeness (QED) is 0.353. The minimum Gasteiger partial charge on any atom is -0.493 e. The molecule has 0 fully saturated rings. The Morgan fingerprint density at radius 2 is 1.56 bits per heavy atom. The van der Waals surface area contributed by atoms with Crippen molar-refractivity contribution >= 4 is 22.5 Å². The highest BCUT2D eigenvalue weighted by Crippen LogP contribution is 2.40. The molecule has 7 heteroatoms. The van der Waals surface area contributed by atoms with Crippen LogP contribution in [-0.2, 0) is 17.6 Å². The zero-order valence-corrected chi connectivity index (χ0v) is 20.4. The summed E-state index contributed by atoms with van der Waals surface area (Å²) in [6.45, 7) is 0. The molecule has 1 aromatic heterocycles. The SMILES string of the molecule is COc1cc(CC(C#N)(Cc2ccccc2)C(=O)Nc2cccc3cccnc23)cc(OC)c1OC. The van der Waals surface area contributed by atoms with Gasteiger partial charge < -0.3 is 19.5 Å². The molecule has 4 aromatic rings. The zero-order valence-electron chi connectivity index (χ0n) is 20.4. The van der Waals surface area contributed by atoms with Crippen molar-refractivity contribution in [1.82, 2.24) is 4.98 Å². The molecule has 0 radical (unpaired) electrons. The lowest BCUT2D eigenvalue weighted by molar-refractivity contribution is -0.122. The van der Waals surface area contributed by atoms with Crippen LogP contribution in [0.5, 0.6) is 17.2 Å². The van der Waals surface area contributed by atoms with Gasteiger partial charge in [0, 0.05) is 24.4 Å². The number of carbonyl (C=O) groups is 1. The molecule has 0 saturated carbocycles. The second kappa shape index (κ2) is 10.8. The molecular weight excluding hydrogens is 454 g/mol. The molecular formula is C29H27N3O4. The van der Waals surface area contributed by atoms with Gasteiger partial charge in [0.2, 0.25) is 11.7 Å². The Morgan fingerprint density at radius 1 is 0.889 bits per heavy atom. The van der Waals surface area contributed by atoms with Crippen molar-refractivity contribution in [3.8, 4) is 23.3 Å². The van der Waals surface area contributed by atoms with Gasteiger partial charge in [0.05, 0.1) is 38.6 Å². The summed E-state index contributed by atoms with van der Waals surface area (Å²) in [5.41, 5.74) is 1.36. The van der Waals surface area contributed by atoms with Crippen molar-refractivity contribution in [2.75, 3.05) is 26.6 Å². The first kappa shape index (κ1) is 24.6. The molecule has 7 nitrogen and oxygen atoms in total. The van der Waals surface area contributed by atoms with Crippen LogP contribution in [0.2, 0.25) is 0 Å². The predicted molar refractivity (Wildman–Crippen MR) is 138 cm³/mol. The van der Waals surface area contributed by atoms with E-state index < -0.39 is 11.3 Å². The van der Waals surface area contributed by atoms with Crippen molar-refractivity contribution in [2.24, 2.45) is 5.41 Å². The molecule has 3 aromatic carbocycles. The number of methoxy groups -OCH3 is 3. The van der Waals surface area contributed by atoms with Crippen LogP contribution in [0.1, 0.15) is 11.1 Å². The van der Waals surface area contributed by atoms with E-state index in [0.29, 0.717) is 34.0 Å². The van der Waals surface area contributed by atoms with Gasteiger partial charge in [-0.15, -0.1) is 0 Å². The number of aromatic nitrogens is 1. The molecule has 4 rings (SSSR count). The first-order valence-corrected chi connectivity index (χ1v) is 11.4. The van der Waals surface area contributed by atoms with Gasteiger partial charge in [-0.25, -0.2) is 0 Å². The fraction of sp³-hybridized carbons (Fsp3) is 0.207. The third kappa shape index (κ3) is 4.93. The van der Waals surface area contributed by atoms with Crippen LogP contribution in [0.15, 0.2) is 79.0 Å². The number of fused-ring (bicyclic) bond motifs is 1. The Labute approximate surface area is 210 Å². The van der Waals surface area contributed by atoms with E-state index in [1.54, 1.807) is 24.4 Å². The summed E-state index contributed by atoms with van der Waals surface area (Å²) in [7, 11) is 4.59. The van der Waals surface area contributed by atoms with Gasteiger partial charge in [-0.2, -0.15) is 5.26 Å². The van der Waals surface area contributed by atoms with E-state index in [1.165, 1.54) is 21.3 Å². The highest BCUT2D eigenvalue weighted by atomic mass is 16.5. The number of hydrogen-bond donors (Lipinski definition) is 1. The topological polar surface area (TPSA) is 93.5 Å². The number of nitriles is 1. The third-order valence-electron chi connectivity index (χ3n) is 6.11. The van der Waals surface area contributed by atoms with Gasteiger partial charge >= 0.3 is 0 Å². The molecule has 0 spiro atoms. The summed E-state index contributed by atoms with van der Waals surface area (Å²) in [5.74, 6) is 0.940. The second-order valence-corrected chi connectivity index (χ2v) is 8.40. The summed E-state index contributed by atoms with van der Waals surface area (Å²) in [6.07, 6.45) is 2.01. The number of rotatable bonds is 9. The smallest absolute Gasteiger partial charge is 0.245 e. The number of benzene rings is 3. The molecule has 0 aliphatic rings. The molecule has 1 N–H and O–H groups in total. The van der Waals surface area contributed by atoms with E-state index in [4.69, 9.17) is 14.2 Å². The highest BCUT2D eigenvalue weighted by molar-refractivity contribution is 6.03. The van der Waals surface area contributed by atoms with Gasteiger partial charge in [0.25, 0.3) is 0 Å². The lowest BCUT2D eigenvalue weighted by atomic mass is 9.76. The Balaban J connectivity index is 1.78. The van der Waals surface area contributed by atoms with Gasteiger partial charge in [-0.3, -0.25) is 9.78 Å². The second-order valence-electron chi connectivity index (χ2n) is 8.40. The Kier molecular flexibility index (Phi) is 7.36. The van der Waals surface area contributed by atoms with Crippen molar-refractivity contribution in [3.63, 3.8) is 0 Å². The molecule has 0 aliphatic carbocycles. The van der Waals surface area contributed by atoms with Crippen LogP contribution in [0.3, 0.4) is 0 Å². The third-order valence-corrected chi connectivity index (χ3v) is 6.11.